The molecular formula is C28H51N3O11. The molecule has 0 spiro atoms. The van der Waals surface area contributed by atoms with Crippen LogP contribution < -0.4 is 10.6 Å². The van der Waals surface area contributed by atoms with Crippen LogP contribution in [0.5, 0.6) is 0 Å². The number of nitrogens with one attached hydrogen (secondary N) is 2. The lowest BCUT2D eigenvalue weighted by Crippen LogP contribution is -2.40. The SMILES string of the molecule is CC(C)NCCCOC(=O)COCC(=O)OCCN(CCOC(=O)COCC(=O)OCCCNC(C)C)C(=O)C(C)C. The molecule has 0 aliphatic rings. The number of amides is 1. The Hall–Kier alpha value is -2.81. The van der Waals surface area contributed by atoms with Crippen LogP contribution >= 0.6 is 0 Å². The summed E-state index contributed by atoms with van der Waals surface area (Å²) < 4.78 is 30.2. The Balaban J connectivity index is 4.13. The summed E-state index contributed by atoms with van der Waals surface area (Å²) in [6, 6.07) is 0.705. The fourth-order valence-electron chi connectivity index (χ4n) is 3.14. The molecule has 14 heteroatoms. The van der Waals surface area contributed by atoms with Gasteiger partial charge in [0.2, 0.25) is 5.91 Å². The maximum atomic E-state index is 12.5. The molecule has 14 nitrogen and oxygen atoms in total. The molecule has 0 radical (unpaired) electrons. The zero-order valence-electron chi connectivity index (χ0n) is 26.1. The van der Waals surface area contributed by atoms with E-state index in [1.807, 2.05) is 27.7 Å². The molecule has 0 fully saturated rings. The highest BCUT2D eigenvalue weighted by Crippen LogP contribution is 2.02. The maximum absolute atomic E-state index is 12.5. The summed E-state index contributed by atoms with van der Waals surface area (Å²) in [5.74, 6) is -3.10. The van der Waals surface area contributed by atoms with Crippen molar-refractivity contribution in [2.75, 3.05) is 79.0 Å². The van der Waals surface area contributed by atoms with Gasteiger partial charge in [-0.25, -0.2) is 19.2 Å². The second kappa shape index (κ2) is 24.8. The summed E-state index contributed by atoms with van der Waals surface area (Å²) >= 11 is 0. The Morgan fingerprint density at radius 2 is 0.881 bits per heavy atom. The molecule has 0 aromatic heterocycles. The first-order valence-corrected chi connectivity index (χ1v) is 14.5. The Morgan fingerprint density at radius 3 is 1.19 bits per heavy atom. The summed E-state index contributed by atoms with van der Waals surface area (Å²) in [6.07, 6.45) is 1.33. The van der Waals surface area contributed by atoms with Gasteiger partial charge >= 0.3 is 23.9 Å². The topological polar surface area (TPSA) is 168 Å². The molecule has 0 heterocycles. The van der Waals surface area contributed by atoms with Crippen LogP contribution in [0, 0.1) is 5.92 Å². The van der Waals surface area contributed by atoms with Crippen molar-refractivity contribution in [2.45, 2.75) is 66.5 Å². The van der Waals surface area contributed by atoms with Crippen molar-refractivity contribution in [1.29, 1.82) is 0 Å². The third-order valence-corrected chi connectivity index (χ3v) is 5.21. The van der Waals surface area contributed by atoms with E-state index in [9.17, 15) is 24.0 Å². The van der Waals surface area contributed by atoms with Crippen LogP contribution in [-0.2, 0) is 52.4 Å². The van der Waals surface area contributed by atoms with Crippen molar-refractivity contribution < 1.29 is 52.4 Å². The number of hydrogen-bond acceptors (Lipinski definition) is 13. The van der Waals surface area contributed by atoms with Gasteiger partial charge in [0.15, 0.2) is 0 Å². The number of carbonyl (C=O) groups is 5. The van der Waals surface area contributed by atoms with Crippen molar-refractivity contribution >= 4 is 29.8 Å². The zero-order valence-corrected chi connectivity index (χ0v) is 26.1. The second-order valence-electron chi connectivity index (χ2n) is 10.3. The van der Waals surface area contributed by atoms with Crippen molar-refractivity contribution in [3.8, 4) is 0 Å². The summed E-state index contributed by atoms with van der Waals surface area (Å²) in [6.45, 7) is 11.7. The maximum Gasteiger partial charge on any atom is 0.332 e. The van der Waals surface area contributed by atoms with E-state index >= 15 is 0 Å². The van der Waals surface area contributed by atoms with E-state index in [2.05, 4.69) is 10.6 Å². The summed E-state index contributed by atoms with van der Waals surface area (Å²) in [7, 11) is 0. The predicted molar refractivity (Wildman–Crippen MR) is 152 cm³/mol. The first-order valence-electron chi connectivity index (χ1n) is 14.5. The summed E-state index contributed by atoms with van der Waals surface area (Å²) in [5.41, 5.74) is 0. The molecule has 0 unspecified atom stereocenters. The van der Waals surface area contributed by atoms with Gasteiger partial charge in [-0.2, -0.15) is 0 Å². The highest BCUT2D eigenvalue weighted by molar-refractivity contribution is 5.78. The predicted octanol–water partition coefficient (Wildman–Crippen LogP) is 0.453. The minimum Gasteiger partial charge on any atom is -0.464 e. The number of ether oxygens (including phenoxy) is 6. The standard InChI is InChI=1S/C28H51N3O11/c1-21(2)28(36)31(11-15-41-26(34)19-37-17-24(32)39-13-7-9-29-22(3)4)12-16-42-27(35)20-38-18-25(33)40-14-8-10-30-23(5)6/h21-23,29-30H,7-20H2,1-6H3. The van der Waals surface area contributed by atoms with Crippen LogP contribution in [0.4, 0.5) is 0 Å². The van der Waals surface area contributed by atoms with E-state index in [-0.39, 0.29) is 64.6 Å². The Kier molecular flexibility index (Phi) is 23.1. The lowest BCUT2D eigenvalue weighted by molar-refractivity contribution is -0.156. The van der Waals surface area contributed by atoms with Crippen LogP contribution in [0.2, 0.25) is 0 Å². The fourth-order valence-corrected chi connectivity index (χ4v) is 3.14. The van der Waals surface area contributed by atoms with E-state index in [0.717, 1.165) is 13.1 Å². The van der Waals surface area contributed by atoms with E-state index in [0.29, 0.717) is 24.9 Å². The molecule has 1 amide bonds. The molecule has 2 N–H and O–H groups in total. The first-order chi connectivity index (χ1) is 19.9. The van der Waals surface area contributed by atoms with E-state index in [1.165, 1.54) is 4.90 Å². The smallest absolute Gasteiger partial charge is 0.332 e. The van der Waals surface area contributed by atoms with Crippen molar-refractivity contribution in [3.05, 3.63) is 0 Å². The van der Waals surface area contributed by atoms with Gasteiger partial charge in [-0.1, -0.05) is 41.5 Å². The Morgan fingerprint density at radius 1 is 0.548 bits per heavy atom. The average Bonchev–Trinajstić information content (AvgIpc) is 2.91. The van der Waals surface area contributed by atoms with Gasteiger partial charge in [0.25, 0.3) is 0 Å². The summed E-state index contributed by atoms with van der Waals surface area (Å²) in [4.78, 5) is 61.0. The molecular weight excluding hydrogens is 554 g/mol. The normalized spacial score (nSPS) is 11.1. The van der Waals surface area contributed by atoms with Gasteiger partial charge in [-0.15, -0.1) is 0 Å². The highest BCUT2D eigenvalue weighted by Gasteiger charge is 2.18. The fraction of sp³-hybridized carbons (Fsp3) is 0.821. The van der Waals surface area contributed by atoms with Crippen LogP contribution in [0.25, 0.3) is 0 Å². The van der Waals surface area contributed by atoms with Crippen LogP contribution in [0.1, 0.15) is 54.4 Å². The number of hydrogen-bond donors (Lipinski definition) is 2. The quantitative estimate of drug-likeness (QED) is 0.0837. The lowest BCUT2D eigenvalue weighted by atomic mass is 10.2. The minimum atomic E-state index is -0.699. The minimum absolute atomic E-state index is 0.0712. The number of rotatable bonds is 25. The Labute approximate surface area is 249 Å². The molecule has 42 heavy (non-hydrogen) atoms. The zero-order chi connectivity index (χ0) is 31.8. The third-order valence-electron chi connectivity index (χ3n) is 5.21. The molecule has 0 aliphatic heterocycles. The molecule has 0 saturated heterocycles. The van der Waals surface area contributed by atoms with E-state index in [4.69, 9.17) is 28.4 Å². The second-order valence-corrected chi connectivity index (χ2v) is 10.3. The Bertz CT molecular complexity index is 737. The van der Waals surface area contributed by atoms with Gasteiger partial charge in [-0.05, 0) is 25.9 Å². The first kappa shape index (κ1) is 39.2. The van der Waals surface area contributed by atoms with Crippen LogP contribution in [0.3, 0.4) is 0 Å². The number of nitrogens with zero attached hydrogens (tertiary/aromatic N) is 1. The third kappa shape index (κ3) is 23.9. The molecule has 0 aromatic carbocycles. The van der Waals surface area contributed by atoms with Gasteiger partial charge in [0, 0.05) is 18.0 Å². The molecule has 0 atom stereocenters. The van der Waals surface area contributed by atoms with Gasteiger partial charge in [0.05, 0.1) is 26.3 Å². The molecule has 0 bridgehead atoms. The van der Waals surface area contributed by atoms with Crippen molar-refractivity contribution in [2.24, 2.45) is 5.92 Å². The molecule has 0 rings (SSSR count). The van der Waals surface area contributed by atoms with Crippen LogP contribution in [-0.4, -0.2) is 126 Å². The van der Waals surface area contributed by atoms with Crippen molar-refractivity contribution in [1.82, 2.24) is 15.5 Å². The summed E-state index contributed by atoms with van der Waals surface area (Å²) in [5, 5.41) is 6.41. The van der Waals surface area contributed by atoms with Gasteiger partial charge in [-0.3, -0.25) is 4.79 Å². The van der Waals surface area contributed by atoms with E-state index < -0.39 is 37.1 Å². The van der Waals surface area contributed by atoms with Gasteiger partial charge in [0.1, 0.15) is 39.6 Å². The number of esters is 4. The molecule has 244 valence electrons. The van der Waals surface area contributed by atoms with Crippen molar-refractivity contribution in [3.63, 3.8) is 0 Å². The highest BCUT2D eigenvalue weighted by atomic mass is 16.6. The molecule has 0 saturated carbocycles. The van der Waals surface area contributed by atoms with Gasteiger partial charge < -0.3 is 44.0 Å². The molecule has 0 aliphatic carbocycles. The lowest BCUT2D eigenvalue weighted by Gasteiger charge is -2.24. The number of carbonyl (C=O) groups excluding carboxylic acids is 5. The monoisotopic (exact) mass is 605 g/mol. The largest absolute Gasteiger partial charge is 0.464 e. The average molecular weight is 606 g/mol. The van der Waals surface area contributed by atoms with Crippen LogP contribution in [0.15, 0.2) is 0 Å². The molecule has 0 aromatic rings. The van der Waals surface area contributed by atoms with E-state index in [1.54, 1.807) is 13.8 Å².